The van der Waals surface area contributed by atoms with Gasteiger partial charge >= 0.3 is 13.8 Å². The number of nitrogens with one attached hydrogen (secondary N) is 1. The molecular formula is C58H116N2O7P+. The van der Waals surface area contributed by atoms with E-state index in [2.05, 4.69) is 26.1 Å². The van der Waals surface area contributed by atoms with Gasteiger partial charge in [0.2, 0.25) is 5.91 Å². The highest BCUT2D eigenvalue weighted by Crippen LogP contribution is 2.43. The molecular weight excluding hydrogens is 868 g/mol. The number of allylic oxidation sites excluding steroid dienone is 1. The number of hydrogen-bond acceptors (Lipinski definition) is 6. The highest BCUT2D eigenvalue weighted by Gasteiger charge is 2.30. The zero-order valence-corrected chi connectivity index (χ0v) is 47.0. The van der Waals surface area contributed by atoms with Crippen LogP contribution in [0.3, 0.4) is 0 Å². The van der Waals surface area contributed by atoms with Gasteiger partial charge in [-0.1, -0.05) is 264 Å². The number of likely N-dealkylation sites (N-methyl/N-ethyl adjacent to an activating group) is 1. The molecule has 0 fully saturated rings. The fraction of sp³-hybridized carbons (Fsp3) is 0.931. The summed E-state index contributed by atoms with van der Waals surface area (Å²) in [5.74, 6) is -0.486. The molecule has 0 saturated heterocycles. The number of carbonyl (C=O) groups is 2. The van der Waals surface area contributed by atoms with Gasteiger partial charge in [-0.3, -0.25) is 18.6 Å². The Morgan fingerprint density at radius 1 is 0.500 bits per heavy atom. The number of phosphoric ester groups is 1. The van der Waals surface area contributed by atoms with E-state index >= 15 is 0 Å². The van der Waals surface area contributed by atoms with Crippen LogP contribution in [0.1, 0.15) is 297 Å². The van der Waals surface area contributed by atoms with Crippen LogP contribution in [-0.4, -0.2) is 74.3 Å². The Morgan fingerprint density at radius 2 is 0.838 bits per heavy atom. The number of ether oxygens (including phenoxy) is 1. The Kier molecular flexibility index (Phi) is 48.4. The van der Waals surface area contributed by atoms with Crippen molar-refractivity contribution in [1.82, 2.24) is 5.32 Å². The summed E-state index contributed by atoms with van der Waals surface area (Å²) >= 11 is 0. The normalized spacial score (nSPS) is 13.8. The van der Waals surface area contributed by atoms with E-state index in [4.69, 9.17) is 13.8 Å². The first kappa shape index (κ1) is 66.8. The minimum atomic E-state index is -4.43. The first-order valence-corrected chi connectivity index (χ1v) is 31.0. The van der Waals surface area contributed by atoms with Crippen molar-refractivity contribution in [1.29, 1.82) is 0 Å². The van der Waals surface area contributed by atoms with E-state index in [1.54, 1.807) is 0 Å². The van der Waals surface area contributed by atoms with E-state index in [1.165, 1.54) is 205 Å². The Bertz CT molecular complexity index is 1180. The van der Waals surface area contributed by atoms with Crippen LogP contribution in [0, 0.1) is 0 Å². The van der Waals surface area contributed by atoms with Crippen molar-refractivity contribution in [3.05, 3.63) is 12.2 Å². The van der Waals surface area contributed by atoms with E-state index in [9.17, 15) is 19.0 Å². The lowest BCUT2D eigenvalue weighted by Gasteiger charge is -2.27. The van der Waals surface area contributed by atoms with E-state index in [0.717, 1.165) is 57.8 Å². The van der Waals surface area contributed by atoms with E-state index in [0.29, 0.717) is 23.9 Å². The molecule has 3 atom stereocenters. The average molecular weight is 985 g/mol. The molecule has 0 aliphatic rings. The topological polar surface area (TPSA) is 111 Å². The fourth-order valence-corrected chi connectivity index (χ4v) is 9.62. The highest BCUT2D eigenvalue weighted by atomic mass is 31.2. The van der Waals surface area contributed by atoms with E-state index in [-0.39, 0.29) is 25.1 Å². The number of unbranched alkanes of at least 4 members (excludes halogenated alkanes) is 38. The number of carbonyl (C=O) groups excluding carboxylic acids is 2. The second-order valence-electron chi connectivity index (χ2n) is 21.5. The minimum Gasteiger partial charge on any atom is -0.456 e. The monoisotopic (exact) mass is 984 g/mol. The maximum absolute atomic E-state index is 13.5. The summed E-state index contributed by atoms with van der Waals surface area (Å²) in [6.07, 6.45) is 54.8. The molecule has 0 aromatic carbocycles. The second-order valence-corrected chi connectivity index (χ2v) is 23.0. The van der Waals surface area contributed by atoms with Crippen LogP contribution in [0.2, 0.25) is 0 Å². The molecule has 1 amide bonds. The molecule has 0 bridgehead atoms. The maximum Gasteiger partial charge on any atom is 0.472 e. The third-order valence-corrected chi connectivity index (χ3v) is 14.5. The maximum atomic E-state index is 13.5. The number of hydrogen-bond donors (Lipinski definition) is 2. The lowest BCUT2D eigenvalue weighted by Crippen LogP contribution is -2.47. The summed E-state index contributed by atoms with van der Waals surface area (Å²) in [5, 5.41) is 3.06. The first-order chi connectivity index (χ1) is 32.9. The van der Waals surface area contributed by atoms with Crippen molar-refractivity contribution in [2.45, 2.75) is 309 Å². The number of nitrogens with zero attached hydrogens (tertiary/aromatic N) is 1. The summed E-state index contributed by atoms with van der Waals surface area (Å²) in [6.45, 7) is 7.05. The van der Waals surface area contributed by atoms with Crippen molar-refractivity contribution in [3.8, 4) is 0 Å². The molecule has 0 spiro atoms. The van der Waals surface area contributed by atoms with Crippen LogP contribution < -0.4 is 5.32 Å². The standard InChI is InChI=1S/C58H115N2O7P/c1-7-10-13-16-19-22-25-28-30-32-35-38-41-44-47-50-57(61)59-55(54-66-68(63,64)65-53-52-60(4,5)6)56(49-46-43-40-37-34-27-24-21-18-15-12-9-3)67-58(62)51-48-45-42-39-36-33-31-29-26-23-20-17-14-11-8-2/h46,49,55-56H,7-45,47-48,50-54H2,1-6H3,(H-,59,61,63,64)/p+1/b49-46+. The molecule has 2 N–H and O–H groups in total. The van der Waals surface area contributed by atoms with Crippen molar-refractivity contribution in [2.75, 3.05) is 40.9 Å². The lowest BCUT2D eigenvalue weighted by atomic mass is 10.0. The molecule has 68 heavy (non-hydrogen) atoms. The Hall–Kier alpha value is -1.25. The SMILES string of the molecule is CCCCCCCCCCCC/C=C/C(OC(=O)CCCCCCCCCCCCCCCCC)C(COP(=O)(O)OCC[N+](C)(C)C)NC(=O)CCCCCCCCCCCCCCCCC. The first-order valence-electron chi connectivity index (χ1n) is 29.5. The third kappa shape index (κ3) is 49.7. The molecule has 3 unspecified atom stereocenters. The fourth-order valence-electron chi connectivity index (χ4n) is 8.88. The predicted octanol–water partition coefficient (Wildman–Crippen LogP) is 17.6. The molecule has 0 aliphatic heterocycles. The molecule has 0 aromatic rings. The quantitative estimate of drug-likeness (QED) is 0.0205. The molecule has 9 nitrogen and oxygen atoms in total. The van der Waals surface area contributed by atoms with Crippen molar-refractivity contribution in [3.63, 3.8) is 0 Å². The van der Waals surface area contributed by atoms with Gasteiger partial charge in [0.05, 0.1) is 33.8 Å². The van der Waals surface area contributed by atoms with Crippen LogP contribution in [0.5, 0.6) is 0 Å². The molecule has 10 heteroatoms. The summed E-state index contributed by atoms with van der Waals surface area (Å²) in [4.78, 5) is 37.6. The highest BCUT2D eigenvalue weighted by molar-refractivity contribution is 7.47. The average Bonchev–Trinajstić information content (AvgIpc) is 3.29. The van der Waals surface area contributed by atoms with E-state index < -0.39 is 20.0 Å². The Balaban J connectivity index is 5.29. The Labute approximate surface area is 422 Å². The lowest BCUT2D eigenvalue weighted by molar-refractivity contribution is -0.870. The van der Waals surface area contributed by atoms with Gasteiger partial charge in [0.1, 0.15) is 19.3 Å². The molecule has 0 saturated carbocycles. The van der Waals surface area contributed by atoms with Crippen molar-refractivity contribution < 1.29 is 37.3 Å². The third-order valence-electron chi connectivity index (χ3n) is 13.5. The summed E-state index contributed by atoms with van der Waals surface area (Å²) in [7, 11) is 1.52. The van der Waals surface area contributed by atoms with Gasteiger partial charge in [0.15, 0.2) is 0 Å². The van der Waals surface area contributed by atoms with Crippen molar-refractivity contribution >= 4 is 19.7 Å². The van der Waals surface area contributed by atoms with Gasteiger partial charge in [-0.2, -0.15) is 0 Å². The Morgan fingerprint density at radius 3 is 1.21 bits per heavy atom. The van der Waals surface area contributed by atoms with E-state index in [1.807, 2.05) is 33.3 Å². The van der Waals surface area contributed by atoms with Gasteiger partial charge in [0, 0.05) is 12.8 Å². The summed E-state index contributed by atoms with van der Waals surface area (Å²) in [5.41, 5.74) is 0. The number of quaternary nitrogens is 1. The van der Waals surface area contributed by atoms with Gasteiger partial charge in [-0.05, 0) is 31.8 Å². The molecule has 0 heterocycles. The second kappa shape index (κ2) is 49.3. The summed E-state index contributed by atoms with van der Waals surface area (Å²) < 4.78 is 30.6. The van der Waals surface area contributed by atoms with Crippen molar-refractivity contribution in [2.24, 2.45) is 0 Å². The summed E-state index contributed by atoms with van der Waals surface area (Å²) in [6, 6.07) is -0.838. The number of esters is 1. The zero-order valence-electron chi connectivity index (χ0n) is 46.1. The molecule has 0 aliphatic carbocycles. The van der Waals surface area contributed by atoms with Gasteiger partial charge < -0.3 is 19.4 Å². The largest absolute Gasteiger partial charge is 0.472 e. The van der Waals surface area contributed by atoms with Crippen LogP contribution in [0.4, 0.5) is 0 Å². The predicted molar refractivity (Wildman–Crippen MR) is 291 cm³/mol. The number of phosphoric acid groups is 1. The van der Waals surface area contributed by atoms with Gasteiger partial charge in [-0.25, -0.2) is 4.57 Å². The van der Waals surface area contributed by atoms with Crippen LogP contribution in [-0.2, 0) is 27.9 Å². The van der Waals surface area contributed by atoms with Gasteiger partial charge in [0.25, 0.3) is 0 Å². The molecule has 0 radical (unpaired) electrons. The van der Waals surface area contributed by atoms with Gasteiger partial charge in [-0.15, -0.1) is 0 Å². The molecule has 404 valence electrons. The smallest absolute Gasteiger partial charge is 0.456 e. The molecule has 0 aromatic heterocycles. The van der Waals surface area contributed by atoms with Crippen LogP contribution in [0.25, 0.3) is 0 Å². The van der Waals surface area contributed by atoms with Crippen LogP contribution in [0.15, 0.2) is 12.2 Å². The zero-order chi connectivity index (χ0) is 50.1. The number of amides is 1. The number of rotatable bonds is 54. The van der Waals surface area contributed by atoms with Crippen LogP contribution >= 0.6 is 7.82 Å². The molecule has 0 rings (SSSR count). The minimum absolute atomic E-state index is 0.0456.